The first-order valence-corrected chi connectivity index (χ1v) is 3.01. The summed E-state index contributed by atoms with van der Waals surface area (Å²) in [5.41, 5.74) is 0. The molecular formula is C6H11NO2. The summed E-state index contributed by atoms with van der Waals surface area (Å²) >= 11 is 0. The van der Waals surface area contributed by atoms with Crippen LogP contribution >= 0.6 is 0 Å². The number of hydrogen-bond acceptors (Lipinski definition) is 3. The molecule has 0 amide bonds. The largest absolute Gasteiger partial charge is 0.411 e. The van der Waals surface area contributed by atoms with E-state index in [-0.39, 0.29) is 5.78 Å². The number of oxime groups is 1. The Morgan fingerprint density at radius 1 is 1.78 bits per heavy atom. The highest BCUT2D eigenvalue weighted by molar-refractivity contribution is 6.27. The molecule has 3 nitrogen and oxygen atoms in total. The summed E-state index contributed by atoms with van der Waals surface area (Å²) < 4.78 is 0. The summed E-state index contributed by atoms with van der Waals surface area (Å²) in [6, 6.07) is 0. The fourth-order valence-corrected chi connectivity index (χ4v) is 0.480. The van der Waals surface area contributed by atoms with Gasteiger partial charge in [-0.25, -0.2) is 0 Å². The molecular weight excluding hydrogens is 118 g/mol. The first kappa shape index (κ1) is 8.14. The number of ketones is 1. The normalized spacial score (nSPS) is 10.3. The molecule has 0 fully saturated rings. The van der Waals surface area contributed by atoms with Gasteiger partial charge in [0.05, 0.1) is 0 Å². The van der Waals surface area contributed by atoms with Crippen LogP contribution in [0.4, 0.5) is 0 Å². The lowest BCUT2D eigenvalue weighted by molar-refractivity contribution is -0.112. The maximum absolute atomic E-state index is 10.5. The summed E-state index contributed by atoms with van der Waals surface area (Å²) in [6.07, 6.45) is 3.28. The fourth-order valence-electron chi connectivity index (χ4n) is 0.480. The molecule has 0 rings (SSSR count). The maximum Gasteiger partial charge on any atom is 0.177 e. The van der Waals surface area contributed by atoms with E-state index < -0.39 is 0 Å². The monoisotopic (exact) mass is 129 g/mol. The van der Waals surface area contributed by atoms with Crippen LogP contribution in [0, 0.1) is 0 Å². The lowest BCUT2D eigenvalue weighted by Gasteiger charge is -1.87. The molecule has 3 heteroatoms. The molecule has 0 aromatic heterocycles. The van der Waals surface area contributed by atoms with Crippen LogP contribution in [0.1, 0.15) is 26.2 Å². The quantitative estimate of drug-likeness (QED) is 0.352. The third-order valence-corrected chi connectivity index (χ3v) is 0.978. The Kier molecular flexibility index (Phi) is 4.78. The van der Waals surface area contributed by atoms with E-state index in [1.165, 1.54) is 0 Å². The van der Waals surface area contributed by atoms with Gasteiger partial charge in [-0.2, -0.15) is 0 Å². The number of Topliss-reactive ketones (excluding diaryl/α,β-unsaturated/α-hetero) is 1. The van der Waals surface area contributed by atoms with Gasteiger partial charge in [0.1, 0.15) is 6.21 Å². The molecule has 0 saturated heterocycles. The molecule has 0 spiro atoms. The Bertz CT molecular complexity index is 110. The molecule has 0 aromatic carbocycles. The van der Waals surface area contributed by atoms with Gasteiger partial charge in [-0.1, -0.05) is 18.5 Å². The second-order valence-electron chi connectivity index (χ2n) is 1.81. The van der Waals surface area contributed by atoms with Gasteiger partial charge in [-0.15, -0.1) is 0 Å². The fraction of sp³-hybridized carbons (Fsp3) is 0.667. The average molecular weight is 129 g/mol. The second kappa shape index (κ2) is 5.28. The van der Waals surface area contributed by atoms with Crippen LogP contribution in [0.5, 0.6) is 0 Å². The minimum Gasteiger partial charge on any atom is -0.411 e. The van der Waals surface area contributed by atoms with Crippen LogP contribution in [0.3, 0.4) is 0 Å². The predicted molar refractivity (Wildman–Crippen MR) is 34.8 cm³/mol. The zero-order valence-electron chi connectivity index (χ0n) is 5.50. The summed E-state index contributed by atoms with van der Waals surface area (Å²) in [5, 5.41) is 10.5. The summed E-state index contributed by atoms with van der Waals surface area (Å²) in [4.78, 5) is 10.5. The van der Waals surface area contributed by atoms with Crippen molar-refractivity contribution in [2.24, 2.45) is 5.16 Å². The van der Waals surface area contributed by atoms with Gasteiger partial charge in [0.15, 0.2) is 5.78 Å². The van der Waals surface area contributed by atoms with Crippen molar-refractivity contribution in [2.45, 2.75) is 26.2 Å². The Balaban J connectivity index is 3.27. The van der Waals surface area contributed by atoms with Gasteiger partial charge < -0.3 is 5.21 Å². The van der Waals surface area contributed by atoms with Crippen molar-refractivity contribution >= 4 is 12.0 Å². The first-order valence-electron chi connectivity index (χ1n) is 3.01. The van der Waals surface area contributed by atoms with Crippen molar-refractivity contribution in [1.29, 1.82) is 0 Å². The zero-order chi connectivity index (χ0) is 7.11. The summed E-state index contributed by atoms with van der Waals surface area (Å²) in [5.74, 6) is -0.112. The highest BCUT2D eigenvalue weighted by Crippen LogP contribution is 1.92. The summed E-state index contributed by atoms with van der Waals surface area (Å²) in [6.45, 7) is 2.00. The minimum atomic E-state index is -0.112. The van der Waals surface area contributed by atoms with Crippen molar-refractivity contribution in [3.63, 3.8) is 0 Å². The SMILES string of the molecule is CCCCC(=O)/C=N/O. The number of unbranched alkanes of at least 4 members (excludes halogenated alkanes) is 1. The van der Waals surface area contributed by atoms with E-state index in [0.717, 1.165) is 19.1 Å². The van der Waals surface area contributed by atoms with E-state index in [4.69, 9.17) is 5.21 Å². The lowest BCUT2D eigenvalue weighted by atomic mass is 10.2. The Hall–Kier alpha value is -0.860. The minimum absolute atomic E-state index is 0.112. The van der Waals surface area contributed by atoms with Gasteiger partial charge in [-0.3, -0.25) is 4.79 Å². The molecule has 9 heavy (non-hydrogen) atoms. The number of carbonyl (C=O) groups is 1. The molecule has 0 radical (unpaired) electrons. The number of rotatable bonds is 4. The third-order valence-electron chi connectivity index (χ3n) is 0.978. The zero-order valence-corrected chi connectivity index (χ0v) is 5.50. The molecule has 0 aliphatic heterocycles. The molecule has 0 atom stereocenters. The number of nitrogens with zero attached hydrogens (tertiary/aromatic N) is 1. The van der Waals surface area contributed by atoms with Gasteiger partial charge in [0, 0.05) is 6.42 Å². The molecule has 0 saturated carbocycles. The molecule has 0 heterocycles. The van der Waals surface area contributed by atoms with E-state index in [9.17, 15) is 4.79 Å². The van der Waals surface area contributed by atoms with E-state index in [1.807, 2.05) is 6.92 Å². The van der Waals surface area contributed by atoms with Gasteiger partial charge >= 0.3 is 0 Å². The Morgan fingerprint density at radius 2 is 2.44 bits per heavy atom. The highest BCUT2D eigenvalue weighted by atomic mass is 16.4. The van der Waals surface area contributed by atoms with Crippen LogP contribution in [0.25, 0.3) is 0 Å². The van der Waals surface area contributed by atoms with Crippen molar-refractivity contribution in [3.8, 4) is 0 Å². The van der Waals surface area contributed by atoms with Crippen LogP contribution < -0.4 is 0 Å². The second-order valence-corrected chi connectivity index (χ2v) is 1.81. The number of carbonyl (C=O) groups excluding carboxylic acids is 1. The number of hydrogen-bond donors (Lipinski definition) is 1. The Morgan fingerprint density at radius 3 is 2.89 bits per heavy atom. The van der Waals surface area contributed by atoms with Gasteiger partial charge in [0.25, 0.3) is 0 Å². The average Bonchev–Trinajstić information content (AvgIpc) is 1.85. The van der Waals surface area contributed by atoms with E-state index in [1.54, 1.807) is 0 Å². The maximum atomic E-state index is 10.5. The van der Waals surface area contributed by atoms with E-state index in [2.05, 4.69) is 5.16 Å². The third kappa shape index (κ3) is 5.00. The van der Waals surface area contributed by atoms with Crippen LogP contribution in [0.2, 0.25) is 0 Å². The molecule has 52 valence electrons. The first-order chi connectivity index (χ1) is 4.31. The standard InChI is InChI=1S/C6H11NO2/c1-2-3-4-6(8)5-7-9/h5,9H,2-4H2,1H3/b7-5+. The molecule has 0 bridgehead atoms. The topological polar surface area (TPSA) is 49.7 Å². The van der Waals surface area contributed by atoms with Crippen molar-refractivity contribution in [2.75, 3.05) is 0 Å². The molecule has 0 aromatic rings. The lowest BCUT2D eigenvalue weighted by Crippen LogP contribution is -1.97. The molecule has 0 unspecified atom stereocenters. The molecule has 0 aliphatic rings. The van der Waals surface area contributed by atoms with Crippen molar-refractivity contribution in [1.82, 2.24) is 0 Å². The van der Waals surface area contributed by atoms with Crippen LogP contribution in [0.15, 0.2) is 5.16 Å². The van der Waals surface area contributed by atoms with Crippen molar-refractivity contribution < 1.29 is 10.0 Å². The highest BCUT2D eigenvalue weighted by Gasteiger charge is 1.94. The smallest absolute Gasteiger partial charge is 0.177 e. The summed E-state index contributed by atoms with van der Waals surface area (Å²) in [7, 11) is 0. The van der Waals surface area contributed by atoms with Crippen LogP contribution in [-0.4, -0.2) is 17.2 Å². The van der Waals surface area contributed by atoms with E-state index in [0.29, 0.717) is 6.42 Å². The van der Waals surface area contributed by atoms with Crippen molar-refractivity contribution in [3.05, 3.63) is 0 Å². The van der Waals surface area contributed by atoms with Gasteiger partial charge in [0.2, 0.25) is 0 Å². The van der Waals surface area contributed by atoms with Crippen LogP contribution in [-0.2, 0) is 4.79 Å². The molecule has 1 N–H and O–H groups in total. The van der Waals surface area contributed by atoms with E-state index >= 15 is 0 Å². The predicted octanol–water partition coefficient (Wildman–Crippen LogP) is 1.21. The van der Waals surface area contributed by atoms with Gasteiger partial charge in [-0.05, 0) is 6.42 Å². The Labute approximate surface area is 54.4 Å². The molecule has 0 aliphatic carbocycles.